The van der Waals surface area contributed by atoms with Crippen LogP contribution in [-0.2, 0) is 0 Å². The Morgan fingerprint density at radius 2 is 2.06 bits per heavy atom. The van der Waals surface area contributed by atoms with Gasteiger partial charge in [0, 0.05) is 12.6 Å². The van der Waals surface area contributed by atoms with Crippen LogP contribution in [0.2, 0.25) is 0 Å². The number of aliphatic hydroxyl groups excluding tert-OH is 1. The number of alkyl halides is 2. The molecule has 4 heteroatoms. The largest absolute Gasteiger partial charge is 0.386 e. The average molecular weight is 235 g/mol. The summed E-state index contributed by atoms with van der Waals surface area (Å²) in [7, 11) is 0. The molecule has 0 radical (unpaired) electrons. The second-order valence-electron chi connectivity index (χ2n) is 5.80. The zero-order chi connectivity index (χ0) is 12.3. The molecule has 0 bridgehead atoms. The van der Waals surface area contributed by atoms with Crippen LogP contribution in [0.1, 0.15) is 40.0 Å². The van der Waals surface area contributed by atoms with Crippen molar-refractivity contribution in [3.63, 3.8) is 0 Å². The first kappa shape index (κ1) is 13.8. The van der Waals surface area contributed by atoms with Gasteiger partial charge in [-0.1, -0.05) is 20.8 Å². The van der Waals surface area contributed by atoms with Gasteiger partial charge >= 0.3 is 0 Å². The molecular weight excluding hydrogens is 212 g/mol. The van der Waals surface area contributed by atoms with E-state index in [1.165, 1.54) is 0 Å². The average Bonchev–Trinajstić information content (AvgIpc) is 2.14. The zero-order valence-corrected chi connectivity index (χ0v) is 10.3. The highest BCUT2D eigenvalue weighted by atomic mass is 19.3. The van der Waals surface area contributed by atoms with E-state index < -0.39 is 12.5 Å². The van der Waals surface area contributed by atoms with Gasteiger partial charge in [0.25, 0.3) is 6.43 Å². The van der Waals surface area contributed by atoms with Crippen molar-refractivity contribution in [2.24, 2.45) is 11.3 Å². The fourth-order valence-corrected chi connectivity index (χ4v) is 2.61. The Morgan fingerprint density at radius 3 is 2.56 bits per heavy atom. The van der Waals surface area contributed by atoms with Crippen molar-refractivity contribution in [1.29, 1.82) is 0 Å². The van der Waals surface area contributed by atoms with Crippen LogP contribution in [0.25, 0.3) is 0 Å². The van der Waals surface area contributed by atoms with Crippen molar-refractivity contribution in [2.45, 2.75) is 58.6 Å². The minimum atomic E-state index is -2.65. The Bertz CT molecular complexity index is 221. The van der Waals surface area contributed by atoms with Crippen LogP contribution in [0, 0.1) is 11.3 Å². The second kappa shape index (κ2) is 5.41. The van der Waals surface area contributed by atoms with Gasteiger partial charge in [0.1, 0.15) is 6.10 Å². The maximum Gasteiger partial charge on any atom is 0.265 e. The van der Waals surface area contributed by atoms with Crippen molar-refractivity contribution < 1.29 is 13.9 Å². The minimum absolute atomic E-state index is 0.00684. The maximum atomic E-state index is 12.1. The molecule has 0 spiro atoms. The molecule has 0 heterocycles. The van der Waals surface area contributed by atoms with Crippen LogP contribution in [0.3, 0.4) is 0 Å². The molecule has 0 aromatic rings. The molecule has 96 valence electrons. The van der Waals surface area contributed by atoms with Gasteiger partial charge in [0.2, 0.25) is 0 Å². The number of nitrogens with one attached hydrogen (secondary N) is 1. The lowest BCUT2D eigenvalue weighted by Crippen LogP contribution is -2.45. The summed E-state index contributed by atoms with van der Waals surface area (Å²) in [6, 6.07) is 0.265. The molecule has 3 atom stereocenters. The molecule has 16 heavy (non-hydrogen) atoms. The normalized spacial score (nSPS) is 31.7. The quantitative estimate of drug-likeness (QED) is 0.784. The molecule has 0 aromatic carbocycles. The van der Waals surface area contributed by atoms with E-state index in [1.807, 2.05) is 0 Å². The van der Waals surface area contributed by atoms with Gasteiger partial charge in [-0.15, -0.1) is 0 Å². The summed E-state index contributed by atoms with van der Waals surface area (Å²) in [5.41, 5.74) is 0.360. The summed E-state index contributed by atoms with van der Waals surface area (Å²) in [5.74, 6) is 0.480. The van der Waals surface area contributed by atoms with E-state index in [2.05, 4.69) is 26.1 Å². The molecule has 1 aliphatic carbocycles. The molecule has 1 aliphatic rings. The third-order valence-corrected chi connectivity index (χ3v) is 3.57. The number of halogens is 2. The first-order valence-electron chi connectivity index (χ1n) is 6.01. The predicted octanol–water partition coefficient (Wildman–Crippen LogP) is 2.42. The Labute approximate surface area is 96.4 Å². The molecule has 2 N–H and O–H groups in total. The van der Waals surface area contributed by atoms with Crippen molar-refractivity contribution in [2.75, 3.05) is 6.54 Å². The van der Waals surface area contributed by atoms with Gasteiger partial charge in [-0.3, -0.25) is 0 Å². The third-order valence-electron chi connectivity index (χ3n) is 3.57. The van der Waals surface area contributed by atoms with Crippen molar-refractivity contribution in [3.8, 4) is 0 Å². The van der Waals surface area contributed by atoms with E-state index in [1.54, 1.807) is 0 Å². The minimum Gasteiger partial charge on any atom is -0.386 e. The summed E-state index contributed by atoms with van der Waals surface area (Å²) in [5, 5.41) is 12.1. The number of hydrogen-bond acceptors (Lipinski definition) is 2. The van der Waals surface area contributed by atoms with Crippen LogP contribution in [-0.4, -0.2) is 30.2 Å². The highest BCUT2D eigenvalue weighted by Crippen LogP contribution is 2.38. The predicted molar refractivity (Wildman–Crippen MR) is 60.6 cm³/mol. The second-order valence-corrected chi connectivity index (χ2v) is 5.80. The number of aliphatic hydroxyl groups is 1. The topological polar surface area (TPSA) is 32.3 Å². The Kier molecular flexibility index (Phi) is 4.68. The lowest BCUT2D eigenvalue weighted by Gasteiger charge is -2.40. The molecule has 3 unspecified atom stereocenters. The molecule has 1 saturated carbocycles. The first-order chi connectivity index (χ1) is 7.32. The molecule has 0 aliphatic heterocycles. The molecule has 0 amide bonds. The summed E-state index contributed by atoms with van der Waals surface area (Å²) in [4.78, 5) is 0. The summed E-state index contributed by atoms with van der Waals surface area (Å²) >= 11 is 0. The molecule has 0 aromatic heterocycles. The molecule has 1 rings (SSSR count). The van der Waals surface area contributed by atoms with Crippen LogP contribution in [0.4, 0.5) is 8.78 Å². The van der Waals surface area contributed by atoms with Crippen molar-refractivity contribution in [3.05, 3.63) is 0 Å². The maximum absolute atomic E-state index is 12.1. The van der Waals surface area contributed by atoms with E-state index in [0.29, 0.717) is 11.3 Å². The Morgan fingerprint density at radius 1 is 1.44 bits per heavy atom. The highest BCUT2D eigenvalue weighted by molar-refractivity contribution is 4.87. The monoisotopic (exact) mass is 235 g/mol. The third kappa shape index (κ3) is 3.98. The summed E-state index contributed by atoms with van der Waals surface area (Å²) in [6.07, 6.45) is -0.968. The molecule has 1 fully saturated rings. The standard InChI is InChI=1S/C12H23F2NO/c1-8-6-12(2,3)5-4-9(8)15-7-10(16)11(13)14/h8-11,15-16H,4-7H2,1-3H3. The molecule has 2 nitrogen and oxygen atoms in total. The Hall–Kier alpha value is -0.220. The van der Waals surface area contributed by atoms with Crippen molar-refractivity contribution >= 4 is 0 Å². The Balaban J connectivity index is 2.34. The molecular formula is C12H23F2NO. The lowest BCUT2D eigenvalue weighted by molar-refractivity contribution is -0.00743. The molecule has 0 saturated heterocycles. The first-order valence-corrected chi connectivity index (χ1v) is 6.01. The van der Waals surface area contributed by atoms with Gasteiger partial charge in [0.05, 0.1) is 0 Å². The van der Waals surface area contributed by atoms with E-state index in [0.717, 1.165) is 19.3 Å². The van der Waals surface area contributed by atoms with E-state index in [9.17, 15) is 8.78 Å². The van der Waals surface area contributed by atoms with E-state index >= 15 is 0 Å². The fraction of sp³-hybridized carbons (Fsp3) is 1.00. The van der Waals surface area contributed by atoms with Crippen LogP contribution < -0.4 is 5.32 Å². The smallest absolute Gasteiger partial charge is 0.265 e. The highest BCUT2D eigenvalue weighted by Gasteiger charge is 2.32. The van der Waals surface area contributed by atoms with Crippen LogP contribution in [0.5, 0.6) is 0 Å². The number of hydrogen-bond donors (Lipinski definition) is 2. The number of rotatable bonds is 4. The fourth-order valence-electron chi connectivity index (χ4n) is 2.61. The van der Waals surface area contributed by atoms with E-state index in [4.69, 9.17) is 5.11 Å². The summed E-state index contributed by atoms with van der Waals surface area (Å²) in [6.45, 7) is 6.63. The van der Waals surface area contributed by atoms with E-state index in [-0.39, 0.29) is 12.6 Å². The van der Waals surface area contributed by atoms with Gasteiger partial charge in [-0.05, 0) is 30.6 Å². The van der Waals surface area contributed by atoms with Gasteiger partial charge < -0.3 is 10.4 Å². The van der Waals surface area contributed by atoms with Gasteiger partial charge in [-0.2, -0.15) is 0 Å². The van der Waals surface area contributed by atoms with Crippen LogP contribution >= 0.6 is 0 Å². The van der Waals surface area contributed by atoms with Gasteiger partial charge in [0.15, 0.2) is 0 Å². The van der Waals surface area contributed by atoms with Gasteiger partial charge in [-0.25, -0.2) is 8.78 Å². The van der Waals surface area contributed by atoms with Crippen LogP contribution in [0.15, 0.2) is 0 Å². The van der Waals surface area contributed by atoms with Crippen molar-refractivity contribution in [1.82, 2.24) is 5.32 Å². The summed E-state index contributed by atoms with van der Waals surface area (Å²) < 4.78 is 24.2. The lowest BCUT2D eigenvalue weighted by atomic mass is 9.70. The zero-order valence-electron chi connectivity index (χ0n) is 10.3. The SMILES string of the molecule is CC1CC(C)(C)CCC1NCC(O)C(F)F.